The highest BCUT2D eigenvalue weighted by Gasteiger charge is 2.11. The monoisotopic (exact) mass is 316 g/mol. The van der Waals surface area contributed by atoms with Gasteiger partial charge in [-0.25, -0.2) is 4.98 Å². The Balaban J connectivity index is 1.81. The molecule has 118 valence electrons. The molecule has 0 atom stereocenters. The van der Waals surface area contributed by atoms with Gasteiger partial charge in [-0.2, -0.15) is 0 Å². The Morgan fingerprint density at radius 1 is 0.917 bits per heavy atom. The molecule has 2 aromatic carbocycles. The fourth-order valence-corrected chi connectivity index (χ4v) is 2.92. The molecule has 0 radical (unpaired) electrons. The van der Waals surface area contributed by atoms with Crippen LogP contribution >= 0.6 is 0 Å². The number of fused-ring (bicyclic) bond motifs is 2. The van der Waals surface area contributed by atoms with Crippen molar-refractivity contribution in [2.45, 2.75) is 13.8 Å². The van der Waals surface area contributed by atoms with Crippen molar-refractivity contribution in [3.63, 3.8) is 0 Å². The summed E-state index contributed by atoms with van der Waals surface area (Å²) in [6.45, 7) is 4.00. The van der Waals surface area contributed by atoms with Gasteiger partial charge in [0.1, 0.15) is 0 Å². The van der Waals surface area contributed by atoms with E-state index in [-0.39, 0.29) is 5.88 Å². The quantitative estimate of drug-likeness (QED) is 0.482. The molecule has 0 aliphatic carbocycles. The molecule has 5 heteroatoms. The van der Waals surface area contributed by atoms with Crippen LogP contribution in [0.1, 0.15) is 11.1 Å². The largest absolute Gasteiger partial charge is 0.493 e. The van der Waals surface area contributed by atoms with Crippen LogP contribution in [0, 0.1) is 13.8 Å². The highest BCUT2D eigenvalue weighted by Crippen LogP contribution is 2.37. The molecule has 24 heavy (non-hydrogen) atoms. The van der Waals surface area contributed by atoms with Gasteiger partial charge in [0.15, 0.2) is 11.5 Å². The zero-order valence-corrected chi connectivity index (χ0v) is 13.4. The lowest BCUT2D eigenvalue weighted by Gasteiger charge is -2.02. The summed E-state index contributed by atoms with van der Waals surface area (Å²) in [5.74, 6) is 0.535. The number of para-hydroxylation sites is 2. The van der Waals surface area contributed by atoms with Crippen molar-refractivity contribution in [1.29, 1.82) is 0 Å². The molecule has 0 unspecified atom stereocenters. The molecule has 0 aliphatic rings. The minimum absolute atomic E-state index is 0.0144. The number of aryl methyl sites for hydroxylation is 2. The average molecular weight is 316 g/mol. The molecule has 0 amide bonds. The summed E-state index contributed by atoms with van der Waals surface area (Å²) in [6.07, 6.45) is 0. The number of hydrogen-bond acceptors (Lipinski definition) is 4. The van der Waals surface area contributed by atoms with E-state index in [1.54, 1.807) is 0 Å². The van der Waals surface area contributed by atoms with Crippen molar-refractivity contribution in [3.05, 3.63) is 59.7 Å². The van der Waals surface area contributed by atoms with Gasteiger partial charge in [0.2, 0.25) is 5.88 Å². The minimum Gasteiger partial charge on any atom is -0.493 e. The summed E-state index contributed by atoms with van der Waals surface area (Å²) in [5.41, 5.74) is 4.32. The molecular weight excluding hydrogens is 300 g/mol. The van der Waals surface area contributed by atoms with Crippen LogP contribution in [0.15, 0.2) is 58.8 Å². The summed E-state index contributed by atoms with van der Waals surface area (Å²) >= 11 is 0. The smallest absolute Gasteiger partial charge is 0.218 e. The first-order chi connectivity index (χ1) is 11.6. The number of aromatic hydroxyl groups is 1. The maximum Gasteiger partial charge on any atom is 0.218 e. The molecule has 0 saturated carbocycles. The number of rotatable bonds is 2. The molecule has 0 spiro atoms. The van der Waals surface area contributed by atoms with Crippen LogP contribution in [0.2, 0.25) is 0 Å². The van der Waals surface area contributed by atoms with E-state index in [0.717, 1.165) is 32.9 Å². The zero-order valence-electron chi connectivity index (χ0n) is 13.4. The molecule has 2 heterocycles. The lowest BCUT2D eigenvalue weighted by molar-refractivity contribution is 0.459. The summed E-state index contributed by atoms with van der Waals surface area (Å²) in [4.78, 5) is 7.46. The maximum atomic E-state index is 10.1. The van der Waals surface area contributed by atoms with Gasteiger partial charge in [-0.15, -0.1) is 10.2 Å². The second kappa shape index (κ2) is 5.45. The van der Waals surface area contributed by atoms with Crippen molar-refractivity contribution in [1.82, 2.24) is 9.97 Å². The van der Waals surface area contributed by atoms with Crippen LogP contribution in [0.25, 0.3) is 21.8 Å². The van der Waals surface area contributed by atoms with Crippen molar-refractivity contribution >= 4 is 33.3 Å². The van der Waals surface area contributed by atoms with E-state index in [1.165, 1.54) is 0 Å². The van der Waals surface area contributed by atoms with Crippen LogP contribution < -0.4 is 0 Å². The van der Waals surface area contributed by atoms with E-state index in [1.807, 2.05) is 62.4 Å². The van der Waals surface area contributed by atoms with E-state index < -0.39 is 0 Å². The van der Waals surface area contributed by atoms with Crippen molar-refractivity contribution in [3.8, 4) is 5.88 Å². The van der Waals surface area contributed by atoms with Gasteiger partial charge < -0.3 is 10.1 Å². The number of aromatic nitrogens is 2. The van der Waals surface area contributed by atoms with Gasteiger partial charge >= 0.3 is 0 Å². The molecule has 0 aliphatic heterocycles. The number of benzene rings is 2. The van der Waals surface area contributed by atoms with Crippen molar-refractivity contribution < 1.29 is 5.11 Å². The molecule has 2 N–H and O–H groups in total. The molecule has 5 nitrogen and oxygen atoms in total. The lowest BCUT2D eigenvalue weighted by atomic mass is 10.1. The third-order valence-electron chi connectivity index (χ3n) is 4.16. The second-order valence-corrected chi connectivity index (χ2v) is 5.83. The van der Waals surface area contributed by atoms with Gasteiger partial charge in [0.25, 0.3) is 0 Å². The summed E-state index contributed by atoms with van der Waals surface area (Å²) < 4.78 is 0. The number of pyridine rings is 1. The van der Waals surface area contributed by atoms with Gasteiger partial charge in [0, 0.05) is 10.8 Å². The molecule has 0 saturated heterocycles. The highest BCUT2D eigenvalue weighted by molar-refractivity contribution is 5.95. The Morgan fingerprint density at radius 2 is 1.71 bits per heavy atom. The fourth-order valence-electron chi connectivity index (χ4n) is 2.92. The predicted molar refractivity (Wildman–Crippen MR) is 95.4 cm³/mol. The van der Waals surface area contributed by atoms with E-state index in [2.05, 4.69) is 20.2 Å². The summed E-state index contributed by atoms with van der Waals surface area (Å²) in [7, 11) is 0. The second-order valence-electron chi connectivity index (χ2n) is 5.83. The number of aromatic amines is 1. The number of nitrogens with one attached hydrogen (secondary N) is 1. The van der Waals surface area contributed by atoms with Gasteiger partial charge in [-0.05, 0) is 37.1 Å². The topological polar surface area (TPSA) is 73.6 Å². The third kappa shape index (κ3) is 2.31. The van der Waals surface area contributed by atoms with Crippen LogP contribution in [-0.4, -0.2) is 15.1 Å². The lowest BCUT2D eigenvalue weighted by Crippen LogP contribution is -1.82. The Morgan fingerprint density at radius 3 is 2.58 bits per heavy atom. The third-order valence-corrected chi connectivity index (χ3v) is 4.16. The maximum absolute atomic E-state index is 10.1. The van der Waals surface area contributed by atoms with Gasteiger partial charge in [-0.3, -0.25) is 0 Å². The minimum atomic E-state index is 0.0144. The molecule has 0 fully saturated rings. The van der Waals surface area contributed by atoms with E-state index in [4.69, 9.17) is 0 Å². The average Bonchev–Trinajstić information content (AvgIpc) is 2.90. The normalized spacial score (nSPS) is 11.8. The molecule has 0 bridgehead atoms. The van der Waals surface area contributed by atoms with Gasteiger partial charge in [0.05, 0.1) is 11.0 Å². The van der Waals surface area contributed by atoms with E-state index >= 15 is 0 Å². The summed E-state index contributed by atoms with van der Waals surface area (Å²) in [6, 6.07) is 15.6. The van der Waals surface area contributed by atoms with Crippen molar-refractivity contribution in [2.24, 2.45) is 10.2 Å². The standard InChI is InChI=1S/C19H16N4O/c1-11-6-5-8-14-17(11)21-19(24)18(14)23-22-16-10-12(2)13-7-3-4-9-15(13)20-16/h3-10,21,24H,1-2H3. The van der Waals surface area contributed by atoms with Crippen LogP contribution in [-0.2, 0) is 0 Å². The Bertz CT molecular complexity index is 1100. The number of H-pyrrole nitrogens is 1. The molecule has 4 aromatic rings. The fraction of sp³-hybridized carbons (Fsp3) is 0.105. The molecule has 4 rings (SSSR count). The van der Waals surface area contributed by atoms with Gasteiger partial charge in [-0.1, -0.05) is 36.4 Å². The first-order valence-electron chi connectivity index (χ1n) is 7.72. The van der Waals surface area contributed by atoms with Crippen LogP contribution in [0.5, 0.6) is 5.88 Å². The van der Waals surface area contributed by atoms with Crippen LogP contribution in [0.4, 0.5) is 11.5 Å². The Kier molecular flexibility index (Phi) is 3.27. The first kappa shape index (κ1) is 14.4. The number of hydrogen-bond donors (Lipinski definition) is 2. The Hall–Kier alpha value is -3.21. The summed E-state index contributed by atoms with van der Waals surface area (Å²) in [5, 5.41) is 20.5. The van der Waals surface area contributed by atoms with Crippen LogP contribution in [0.3, 0.4) is 0 Å². The molecule has 2 aromatic heterocycles. The molecular formula is C19H16N4O. The first-order valence-corrected chi connectivity index (χ1v) is 7.72. The van der Waals surface area contributed by atoms with Crippen molar-refractivity contribution in [2.75, 3.05) is 0 Å². The predicted octanol–water partition coefficient (Wildman–Crippen LogP) is 5.45. The number of nitrogens with zero attached hydrogens (tertiary/aromatic N) is 3. The Labute approximate surface area is 138 Å². The van der Waals surface area contributed by atoms with E-state index in [0.29, 0.717) is 11.5 Å². The highest BCUT2D eigenvalue weighted by atomic mass is 16.3. The van der Waals surface area contributed by atoms with E-state index in [9.17, 15) is 5.11 Å². The number of azo groups is 1. The zero-order chi connectivity index (χ0) is 16.7. The SMILES string of the molecule is Cc1cc(N=Nc2c(O)[nH]c3c(C)cccc23)nc2ccccc12.